The van der Waals surface area contributed by atoms with Gasteiger partial charge >= 0.3 is 0 Å². The van der Waals surface area contributed by atoms with Crippen molar-refractivity contribution in [3.63, 3.8) is 0 Å². The van der Waals surface area contributed by atoms with E-state index < -0.39 is 0 Å². The second-order valence-corrected chi connectivity index (χ2v) is 6.08. The molecule has 1 N–H and O–H groups in total. The van der Waals surface area contributed by atoms with Crippen LogP contribution in [0.3, 0.4) is 0 Å². The van der Waals surface area contributed by atoms with Crippen LogP contribution >= 0.6 is 11.3 Å². The van der Waals surface area contributed by atoms with E-state index in [-0.39, 0.29) is 5.91 Å². The number of hydrogen-bond donors (Lipinski definition) is 1. The molecule has 0 aliphatic rings. The summed E-state index contributed by atoms with van der Waals surface area (Å²) in [6.07, 6.45) is 1.05. The number of nitrogens with zero attached hydrogens (tertiary/aromatic N) is 1. The number of hydrogen-bond acceptors (Lipinski definition) is 3. The van der Waals surface area contributed by atoms with Crippen LogP contribution in [0.25, 0.3) is 0 Å². The van der Waals surface area contributed by atoms with Crippen LogP contribution < -0.4 is 5.32 Å². The molecule has 1 amide bonds. The second-order valence-electron chi connectivity index (χ2n) is 5.05. The third-order valence-corrected chi connectivity index (χ3v) is 4.07. The fourth-order valence-corrected chi connectivity index (χ4v) is 2.87. The Hall–Kier alpha value is -1.65. The molecular weight excluding hydrogens is 280 g/mol. The van der Waals surface area contributed by atoms with E-state index in [9.17, 15) is 4.79 Å². The van der Waals surface area contributed by atoms with Crippen molar-refractivity contribution in [2.45, 2.75) is 26.4 Å². The summed E-state index contributed by atoms with van der Waals surface area (Å²) in [4.78, 5) is 15.4. The molecule has 0 unspecified atom stereocenters. The Morgan fingerprint density at radius 1 is 1.19 bits per heavy atom. The molecule has 3 nitrogen and oxygen atoms in total. The van der Waals surface area contributed by atoms with Crippen LogP contribution in [0.5, 0.6) is 0 Å². The van der Waals surface area contributed by atoms with E-state index in [2.05, 4.69) is 29.3 Å². The molecule has 1 aromatic carbocycles. The first kappa shape index (κ1) is 15.7. The molecule has 0 saturated carbocycles. The van der Waals surface area contributed by atoms with Crippen molar-refractivity contribution < 1.29 is 4.79 Å². The van der Waals surface area contributed by atoms with E-state index >= 15 is 0 Å². The normalized spacial score (nSPS) is 10.8. The molecule has 0 saturated heterocycles. The summed E-state index contributed by atoms with van der Waals surface area (Å²) in [5.74, 6) is 0.0905. The lowest BCUT2D eigenvalue weighted by Crippen LogP contribution is -2.36. The van der Waals surface area contributed by atoms with Crippen LogP contribution in [0.1, 0.15) is 23.8 Å². The number of rotatable bonds is 8. The maximum atomic E-state index is 12.1. The number of carbonyl (C=O) groups is 1. The molecule has 0 spiro atoms. The SMILES string of the molecule is CCCN(CC(=O)NCc1cccs1)Cc1ccccc1. The first-order valence-electron chi connectivity index (χ1n) is 7.33. The minimum absolute atomic E-state index is 0.0905. The topological polar surface area (TPSA) is 32.3 Å². The molecule has 0 fully saturated rings. The van der Waals surface area contributed by atoms with Crippen molar-refractivity contribution in [2.24, 2.45) is 0 Å². The average Bonchev–Trinajstić information content (AvgIpc) is 3.00. The first-order chi connectivity index (χ1) is 10.3. The summed E-state index contributed by atoms with van der Waals surface area (Å²) in [5.41, 5.74) is 1.25. The van der Waals surface area contributed by atoms with Crippen molar-refractivity contribution >= 4 is 17.2 Å². The summed E-state index contributed by atoms with van der Waals surface area (Å²) in [5, 5.41) is 5.02. The highest BCUT2D eigenvalue weighted by molar-refractivity contribution is 7.09. The Kier molecular flexibility index (Phi) is 6.44. The van der Waals surface area contributed by atoms with Gasteiger partial charge in [0.25, 0.3) is 0 Å². The monoisotopic (exact) mass is 302 g/mol. The van der Waals surface area contributed by atoms with Gasteiger partial charge in [0.05, 0.1) is 13.1 Å². The number of benzene rings is 1. The van der Waals surface area contributed by atoms with Gasteiger partial charge in [0.1, 0.15) is 0 Å². The van der Waals surface area contributed by atoms with E-state index in [4.69, 9.17) is 0 Å². The predicted octanol–water partition coefficient (Wildman–Crippen LogP) is 3.28. The fraction of sp³-hybridized carbons (Fsp3) is 0.353. The highest BCUT2D eigenvalue weighted by atomic mass is 32.1. The Morgan fingerprint density at radius 2 is 2.00 bits per heavy atom. The van der Waals surface area contributed by atoms with Gasteiger partial charge in [0, 0.05) is 11.4 Å². The third kappa shape index (κ3) is 5.69. The van der Waals surface area contributed by atoms with Gasteiger partial charge in [-0.05, 0) is 30.0 Å². The lowest BCUT2D eigenvalue weighted by Gasteiger charge is -2.21. The zero-order valence-corrected chi connectivity index (χ0v) is 13.2. The minimum atomic E-state index is 0.0905. The number of nitrogens with one attached hydrogen (secondary N) is 1. The van der Waals surface area contributed by atoms with Crippen molar-refractivity contribution in [3.8, 4) is 0 Å². The van der Waals surface area contributed by atoms with Gasteiger partial charge in [-0.2, -0.15) is 0 Å². The number of thiophene rings is 1. The lowest BCUT2D eigenvalue weighted by atomic mass is 10.2. The Bertz CT molecular complexity index is 525. The molecule has 0 radical (unpaired) electrons. The van der Waals surface area contributed by atoms with Gasteiger partial charge in [0.2, 0.25) is 5.91 Å². The Labute approximate surface area is 130 Å². The van der Waals surface area contributed by atoms with Gasteiger partial charge in [-0.25, -0.2) is 0 Å². The van der Waals surface area contributed by atoms with E-state index in [1.165, 1.54) is 10.4 Å². The number of amides is 1. The van der Waals surface area contributed by atoms with Gasteiger partial charge in [-0.1, -0.05) is 43.3 Å². The summed E-state index contributed by atoms with van der Waals surface area (Å²) in [6.45, 7) is 4.97. The van der Waals surface area contributed by atoms with Crippen molar-refractivity contribution in [1.82, 2.24) is 10.2 Å². The summed E-state index contributed by atoms with van der Waals surface area (Å²) < 4.78 is 0. The predicted molar refractivity (Wildman–Crippen MR) is 88.2 cm³/mol. The van der Waals surface area contributed by atoms with Crippen molar-refractivity contribution in [2.75, 3.05) is 13.1 Å². The molecule has 112 valence electrons. The second kappa shape index (κ2) is 8.60. The maximum Gasteiger partial charge on any atom is 0.234 e. The zero-order chi connectivity index (χ0) is 14.9. The molecule has 21 heavy (non-hydrogen) atoms. The lowest BCUT2D eigenvalue weighted by molar-refractivity contribution is -0.122. The average molecular weight is 302 g/mol. The van der Waals surface area contributed by atoms with Crippen LogP contribution in [0, 0.1) is 0 Å². The molecule has 4 heteroatoms. The van der Waals surface area contributed by atoms with E-state index in [0.29, 0.717) is 13.1 Å². The van der Waals surface area contributed by atoms with Crippen LogP contribution in [0.4, 0.5) is 0 Å². The highest BCUT2D eigenvalue weighted by Crippen LogP contribution is 2.08. The first-order valence-corrected chi connectivity index (χ1v) is 8.21. The summed E-state index contributed by atoms with van der Waals surface area (Å²) >= 11 is 1.67. The van der Waals surface area contributed by atoms with Crippen LogP contribution in [0.15, 0.2) is 47.8 Å². The third-order valence-electron chi connectivity index (χ3n) is 3.20. The fourth-order valence-electron chi connectivity index (χ4n) is 2.23. The minimum Gasteiger partial charge on any atom is -0.350 e. The molecule has 2 aromatic rings. The number of carbonyl (C=O) groups excluding carboxylic acids is 1. The molecule has 0 atom stereocenters. The molecule has 2 rings (SSSR count). The van der Waals surface area contributed by atoms with Crippen LogP contribution in [-0.4, -0.2) is 23.9 Å². The molecule has 0 aliphatic heterocycles. The zero-order valence-electron chi connectivity index (χ0n) is 12.4. The van der Waals surface area contributed by atoms with Gasteiger partial charge in [0.15, 0.2) is 0 Å². The smallest absolute Gasteiger partial charge is 0.234 e. The van der Waals surface area contributed by atoms with Gasteiger partial charge in [-0.15, -0.1) is 11.3 Å². The Balaban J connectivity index is 1.82. The van der Waals surface area contributed by atoms with E-state index in [1.54, 1.807) is 11.3 Å². The summed E-state index contributed by atoms with van der Waals surface area (Å²) in [6, 6.07) is 14.3. The molecular formula is C17H22N2OS. The largest absolute Gasteiger partial charge is 0.350 e. The van der Waals surface area contributed by atoms with Crippen molar-refractivity contribution in [1.29, 1.82) is 0 Å². The van der Waals surface area contributed by atoms with Crippen molar-refractivity contribution in [3.05, 3.63) is 58.3 Å². The standard InChI is InChI=1S/C17H22N2OS/c1-2-10-19(13-15-7-4-3-5-8-15)14-17(20)18-12-16-9-6-11-21-16/h3-9,11H,2,10,12-14H2,1H3,(H,18,20). The molecule has 1 heterocycles. The summed E-state index contributed by atoms with van der Waals surface area (Å²) in [7, 11) is 0. The Morgan fingerprint density at radius 3 is 2.67 bits per heavy atom. The van der Waals surface area contributed by atoms with Crippen LogP contribution in [0.2, 0.25) is 0 Å². The highest BCUT2D eigenvalue weighted by Gasteiger charge is 2.10. The van der Waals surface area contributed by atoms with E-state index in [0.717, 1.165) is 19.5 Å². The van der Waals surface area contributed by atoms with E-state index in [1.807, 2.05) is 35.7 Å². The van der Waals surface area contributed by atoms with Gasteiger partial charge in [-0.3, -0.25) is 9.69 Å². The van der Waals surface area contributed by atoms with Crippen LogP contribution in [-0.2, 0) is 17.9 Å². The maximum absolute atomic E-state index is 12.1. The van der Waals surface area contributed by atoms with Gasteiger partial charge < -0.3 is 5.32 Å². The molecule has 0 bridgehead atoms. The molecule has 0 aliphatic carbocycles. The molecule has 1 aromatic heterocycles. The quantitative estimate of drug-likeness (QED) is 0.811.